The molecule has 18 heavy (non-hydrogen) atoms. The minimum atomic E-state index is -0.592. The van der Waals surface area contributed by atoms with Gasteiger partial charge in [0.1, 0.15) is 12.3 Å². The van der Waals surface area contributed by atoms with Crippen molar-refractivity contribution >= 4 is 24.7 Å². The van der Waals surface area contributed by atoms with Gasteiger partial charge in [0, 0.05) is 0 Å². The quantitative estimate of drug-likeness (QED) is 0.370. The van der Waals surface area contributed by atoms with Crippen molar-refractivity contribution in [2.24, 2.45) is 21.5 Å². The van der Waals surface area contributed by atoms with Crippen LogP contribution in [0.1, 0.15) is 0 Å². The summed E-state index contributed by atoms with van der Waals surface area (Å²) in [7, 11) is 0. The van der Waals surface area contributed by atoms with Crippen molar-refractivity contribution in [3.63, 3.8) is 0 Å². The standard InChI is InChI=1S/C8H12N8O2/c9-7-11-3-5(13-7)16(2-18)6-4(15(3)1-17)12-8(10)14-6/h1-6H,(H3,9,11,13)(H3,10,12,14)/t3-,4-,5-,6+/m0/s1. The lowest BCUT2D eigenvalue weighted by Crippen LogP contribution is -2.70. The summed E-state index contributed by atoms with van der Waals surface area (Å²) < 4.78 is 0. The van der Waals surface area contributed by atoms with Gasteiger partial charge >= 0.3 is 0 Å². The van der Waals surface area contributed by atoms with Crippen LogP contribution in [0.3, 0.4) is 0 Å². The van der Waals surface area contributed by atoms with Crippen LogP contribution in [0.15, 0.2) is 9.98 Å². The fourth-order valence-electron chi connectivity index (χ4n) is 2.45. The Kier molecular flexibility index (Phi) is 2.06. The lowest BCUT2D eigenvalue weighted by molar-refractivity contribution is -0.143. The number of amides is 2. The molecule has 0 radical (unpaired) electrons. The molecule has 3 rings (SSSR count). The lowest BCUT2D eigenvalue weighted by Gasteiger charge is -2.45. The summed E-state index contributed by atoms with van der Waals surface area (Å²) in [6.45, 7) is 0. The number of rotatable bonds is 2. The molecule has 10 heteroatoms. The van der Waals surface area contributed by atoms with Crippen molar-refractivity contribution in [2.75, 3.05) is 0 Å². The zero-order valence-electron chi connectivity index (χ0n) is 9.22. The molecule has 3 aliphatic heterocycles. The van der Waals surface area contributed by atoms with Crippen LogP contribution >= 0.6 is 0 Å². The summed E-state index contributed by atoms with van der Waals surface area (Å²) in [5.74, 6) is 0.362. The maximum Gasteiger partial charge on any atom is 0.213 e. The van der Waals surface area contributed by atoms with Crippen molar-refractivity contribution in [3.05, 3.63) is 0 Å². The minimum Gasteiger partial charge on any atom is -0.370 e. The van der Waals surface area contributed by atoms with E-state index >= 15 is 0 Å². The molecule has 0 spiro atoms. The second kappa shape index (κ2) is 3.48. The van der Waals surface area contributed by atoms with Gasteiger partial charge in [-0.1, -0.05) is 0 Å². The van der Waals surface area contributed by atoms with Crippen molar-refractivity contribution < 1.29 is 9.59 Å². The zero-order valence-corrected chi connectivity index (χ0v) is 9.22. The number of hydrogen-bond acceptors (Lipinski definition) is 8. The van der Waals surface area contributed by atoms with Crippen LogP contribution in [0.2, 0.25) is 0 Å². The number of carbonyl (C=O) groups excluding carboxylic acids is 2. The van der Waals surface area contributed by atoms with Gasteiger partial charge in [0.2, 0.25) is 12.8 Å². The molecule has 6 N–H and O–H groups in total. The first-order valence-corrected chi connectivity index (χ1v) is 5.31. The maximum absolute atomic E-state index is 11.2. The van der Waals surface area contributed by atoms with E-state index in [0.717, 1.165) is 0 Å². The first-order chi connectivity index (χ1) is 8.65. The monoisotopic (exact) mass is 252 g/mol. The number of fused-ring (bicyclic) bond motifs is 2. The molecule has 0 saturated carbocycles. The molecule has 0 aromatic carbocycles. The topological polar surface area (TPSA) is 141 Å². The third-order valence-electron chi connectivity index (χ3n) is 3.20. The van der Waals surface area contributed by atoms with Gasteiger partial charge in [-0.3, -0.25) is 19.4 Å². The number of aliphatic imine (C=N–C) groups is 2. The summed E-state index contributed by atoms with van der Waals surface area (Å²) in [4.78, 5) is 33.4. The van der Waals surface area contributed by atoms with Crippen LogP contribution in [0.4, 0.5) is 0 Å². The minimum absolute atomic E-state index is 0.181. The number of nitrogens with zero attached hydrogens (tertiary/aromatic N) is 4. The molecule has 0 unspecified atom stereocenters. The highest BCUT2D eigenvalue weighted by molar-refractivity contribution is 5.83. The van der Waals surface area contributed by atoms with Crippen LogP contribution in [0.25, 0.3) is 0 Å². The van der Waals surface area contributed by atoms with E-state index in [2.05, 4.69) is 20.6 Å². The smallest absolute Gasteiger partial charge is 0.213 e. The Labute approximate surface area is 102 Å². The Balaban J connectivity index is 2.01. The first kappa shape index (κ1) is 10.6. The van der Waals surface area contributed by atoms with Crippen LogP contribution in [-0.2, 0) is 9.59 Å². The largest absolute Gasteiger partial charge is 0.370 e. The number of hydrogen-bond donors (Lipinski definition) is 4. The molecule has 2 amide bonds. The molecular weight excluding hydrogens is 240 g/mol. The summed E-state index contributed by atoms with van der Waals surface area (Å²) in [6, 6.07) is 0. The van der Waals surface area contributed by atoms with Gasteiger partial charge in [0.05, 0.1) is 0 Å². The molecule has 10 nitrogen and oxygen atoms in total. The van der Waals surface area contributed by atoms with Crippen LogP contribution in [0.5, 0.6) is 0 Å². The predicted octanol–water partition coefficient (Wildman–Crippen LogP) is -3.94. The van der Waals surface area contributed by atoms with Gasteiger partial charge in [-0.25, -0.2) is 9.98 Å². The third kappa shape index (κ3) is 1.22. The Morgan fingerprint density at radius 2 is 1.39 bits per heavy atom. The highest BCUT2D eigenvalue weighted by atomic mass is 16.1. The molecule has 0 bridgehead atoms. The van der Waals surface area contributed by atoms with E-state index in [9.17, 15) is 9.59 Å². The highest BCUT2D eigenvalue weighted by Crippen LogP contribution is 2.28. The Bertz CT molecular complexity index is 428. The third-order valence-corrected chi connectivity index (χ3v) is 3.20. The van der Waals surface area contributed by atoms with E-state index in [4.69, 9.17) is 11.5 Å². The summed E-state index contributed by atoms with van der Waals surface area (Å²) in [6.07, 6.45) is -0.925. The summed E-state index contributed by atoms with van der Waals surface area (Å²) in [5.41, 5.74) is 11.2. The normalized spacial score (nSPS) is 36.9. The average molecular weight is 252 g/mol. The molecule has 1 saturated heterocycles. The van der Waals surface area contributed by atoms with Gasteiger partial charge in [-0.2, -0.15) is 0 Å². The van der Waals surface area contributed by atoms with Crippen LogP contribution in [-0.4, -0.2) is 59.2 Å². The van der Waals surface area contributed by atoms with E-state index in [1.165, 1.54) is 9.80 Å². The van der Waals surface area contributed by atoms with Gasteiger partial charge in [-0.05, 0) is 0 Å². The van der Waals surface area contributed by atoms with Crippen molar-refractivity contribution in [2.45, 2.75) is 24.7 Å². The molecular formula is C8H12N8O2. The van der Waals surface area contributed by atoms with E-state index in [0.29, 0.717) is 12.8 Å². The second-order valence-electron chi connectivity index (χ2n) is 4.14. The molecule has 0 aliphatic carbocycles. The summed E-state index contributed by atoms with van der Waals surface area (Å²) >= 11 is 0. The Hall–Kier alpha value is -2.52. The van der Waals surface area contributed by atoms with Gasteiger partial charge < -0.3 is 22.1 Å². The van der Waals surface area contributed by atoms with Crippen LogP contribution < -0.4 is 22.1 Å². The van der Waals surface area contributed by atoms with Crippen molar-refractivity contribution in [3.8, 4) is 0 Å². The van der Waals surface area contributed by atoms with Gasteiger partial charge in [0.15, 0.2) is 24.3 Å². The number of piperazine rings is 1. The number of nitrogens with one attached hydrogen (secondary N) is 2. The fourth-order valence-corrected chi connectivity index (χ4v) is 2.45. The highest BCUT2D eigenvalue weighted by Gasteiger charge is 2.52. The van der Waals surface area contributed by atoms with E-state index in [-0.39, 0.29) is 11.9 Å². The van der Waals surface area contributed by atoms with Crippen LogP contribution in [0, 0.1) is 0 Å². The molecule has 96 valence electrons. The molecule has 0 aromatic rings. The average Bonchev–Trinajstić information content (AvgIpc) is 2.87. The van der Waals surface area contributed by atoms with E-state index < -0.39 is 24.7 Å². The number of guanidine groups is 2. The molecule has 3 heterocycles. The summed E-state index contributed by atoms with van der Waals surface area (Å²) in [5, 5.41) is 5.68. The number of carbonyl (C=O) groups is 2. The van der Waals surface area contributed by atoms with Gasteiger partial charge in [0.25, 0.3) is 0 Å². The fraction of sp³-hybridized carbons (Fsp3) is 0.500. The van der Waals surface area contributed by atoms with Crippen molar-refractivity contribution in [1.82, 2.24) is 20.4 Å². The molecule has 0 aromatic heterocycles. The maximum atomic E-state index is 11.2. The lowest BCUT2D eigenvalue weighted by atomic mass is 10.1. The molecule has 3 aliphatic rings. The predicted molar refractivity (Wildman–Crippen MR) is 60.5 cm³/mol. The van der Waals surface area contributed by atoms with Gasteiger partial charge in [-0.15, -0.1) is 0 Å². The van der Waals surface area contributed by atoms with E-state index in [1.807, 2.05) is 0 Å². The Morgan fingerprint density at radius 3 is 1.78 bits per heavy atom. The zero-order chi connectivity index (χ0) is 12.9. The number of nitrogens with two attached hydrogens (primary N) is 2. The van der Waals surface area contributed by atoms with Crippen molar-refractivity contribution in [1.29, 1.82) is 0 Å². The Morgan fingerprint density at radius 1 is 0.944 bits per heavy atom. The molecule has 4 atom stereocenters. The first-order valence-electron chi connectivity index (χ1n) is 5.31. The second-order valence-corrected chi connectivity index (χ2v) is 4.14. The van der Waals surface area contributed by atoms with E-state index in [1.54, 1.807) is 0 Å². The molecule has 1 fully saturated rings. The SMILES string of the molecule is NC1=N[C@@H]2[C@@H](N1)N(C=O)[C@@H]1NC(N)=N[C@@H]1N2C=O.